The molecule has 0 unspecified atom stereocenters. The van der Waals surface area contributed by atoms with Gasteiger partial charge in [0.1, 0.15) is 11.2 Å². The number of fused-ring (bicyclic) bond motifs is 6. The Labute approximate surface area is 287 Å². The van der Waals surface area contributed by atoms with E-state index >= 15 is 0 Å². The van der Waals surface area contributed by atoms with Gasteiger partial charge in [-0.15, -0.1) is 0 Å². The molecule has 0 atom stereocenters. The van der Waals surface area contributed by atoms with E-state index in [0.717, 1.165) is 71.9 Å². The maximum absolute atomic E-state index is 6.74. The van der Waals surface area contributed by atoms with Crippen LogP contribution in [0.5, 0.6) is 0 Å². The lowest BCUT2D eigenvalue weighted by atomic mass is 10.0. The SMILES string of the molecule is c1ccc(-c2ccc(-c3nc(-c4cccnc4)nc(-c4cccc5c4oc4cc6c7ccccc7n(-c7ccccc7)c6cc45)n3)cc2)cc1. The van der Waals surface area contributed by atoms with Crippen LogP contribution in [0.15, 0.2) is 168 Å². The zero-order valence-electron chi connectivity index (χ0n) is 26.7. The third kappa shape index (κ3) is 4.58. The van der Waals surface area contributed by atoms with Gasteiger partial charge in [-0.2, -0.15) is 0 Å². The molecule has 6 nitrogen and oxygen atoms in total. The zero-order chi connectivity index (χ0) is 33.0. The second-order valence-corrected chi connectivity index (χ2v) is 12.3. The fourth-order valence-electron chi connectivity index (χ4n) is 6.98. The Morgan fingerprint density at radius 3 is 1.90 bits per heavy atom. The first-order valence-corrected chi connectivity index (χ1v) is 16.5. The van der Waals surface area contributed by atoms with Crippen LogP contribution >= 0.6 is 0 Å². The van der Waals surface area contributed by atoms with Gasteiger partial charge in [0, 0.05) is 50.8 Å². The summed E-state index contributed by atoms with van der Waals surface area (Å²) in [4.78, 5) is 19.3. The Morgan fingerprint density at radius 2 is 1.10 bits per heavy atom. The molecular formula is C44H27N5O. The van der Waals surface area contributed by atoms with Crippen molar-refractivity contribution in [1.82, 2.24) is 24.5 Å². The summed E-state index contributed by atoms with van der Waals surface area (Å²) >= 11 is 0. The first-order chi connectivity index (χ1) is 24.8. The molecule has 0 spiro atoms. The van der Waals surface area contributed by atoms with E-state index in [-0.39, 0.29) is 0 Å². The van der Waals surface area contributed by atoms with Crippen molar-refractivity contribution in [2.24, 2.45) is 0 Å². The highest BCUT2D eigenvalue weighted by Crippen LogP contribution is 2.40. The summed E-state index contributed by atoms with van der Waals surface area (Å²) in [6.07, 6.45) is 3.53. The quantitative estimate of drug-likeness (QED) is 0.187. The van der Waals surface area contributed by atoms with E-state index in [4.69, 9.17) is 19.4 Å². The molecule has 0 saturated carbocycles. The van der Waals surface area contributed by atoms with Gasteiger partial charge in [0.15, 0.2) is 17.5 Å². The van der Waals surface area contributed by atoms with Crippen molar-refractivity contribution in [2.45, 2.75) is 0 Å². The first kappa shape index (κ1) is 28.1. The number of hydrogen-bond donors (Lipinski definition) is 0. The molecule has 4 aromatic heterocycles. The summed E-state index contributed by atoms with van der Waals surface area (Å²) < 4.78 is 9.07. The molecule has 6 heteroatoms. The number of nitrogens with zero attached hydrogens (tertiary/aromatic N) is 5. The van der Waals surface area contributed by atoms with Crippen molar-refractivity contribution < 1.29 is 4.42 Å². The van der Waals surface area contributed by atoms with E-state index in [2.05, 4.69) is 113 Å². The maximum Gasteiger partial charge on any atom is 0.167 e. The third-order valence-electron chi connectivity index (χ3n) is 9.35. The van der Waals surface area contributed by atoms with E-state index < -0.39 is 0 Å². The van der Waals surface area contributed by atoms with Gasteiger partial charge in [-0.1, -0.05) is 103 Å². The van der Waals surface area contributed by atoms with Crippen molar-refractivity contribution in [3.05, 3.63) is 164 Å². The van der Waals surface area contributed by atoms with Crippen LogP contribution in [0.25, 0.3) is 94.7 Å². The Bertz CT molecular complexity index is 2840. The van der Waals surface area contributed by atoms with Crippen LogP contribution in [0.3, 0.4) is 0 Å². The second-order valence-electron chi connectivity index (χ2n) is 12.3. The van der Waals surface area contributed by atoms with Crippen LogP contribution < -0.4 is 0 Å². The molecule has 0 saturated heterocycles. The van der Waals surface area contributed by atoms with E-state index in [1.807, 2.05) is 48.5 Å². The minimum absolute atomic E-state index is 0.537. The van der Waals surface area contributed by atoms with Crippen LogP contribution in [0.4, 0.5) is 0 Å². The van der Waals surface area contributed by atoms with Crippen molar-refractivity contribution >= 4 is 43.7 Å². The van der Waals surface area contributed by atoms with E-state index in [0.29, 0.717) is 17.5 Å². The number of rotatable bonds is 5. The lowest BCUT2D eigenvalue weighted by Gasteiger charge is -2.09. The molecule has 0 aliphatic heterocycles. The smallest absolute Gasteiger partial charge is 0.167 e. The fourth-order valence-corrected chi connectivity index (χ4v) is 6.98. The molecule has 0 amide bonds. The topological polar surface area (TPSA) is 69.6 Å². The minimum atomic E-state index is 0.537. The molecule has 234 valence electrons. The van der Waals surface area contributed by atoms with Gasteiger partial charge in [-0.3, -0.25) is 4.98 Å². The van der Waals surface area contributed by atoms with Crippen molar-refractivity contribution in [2.75, 3.05) is 0 Å². The summed E-state index contributed by atoms with van der Waals surface area (Å²) in [5, 5.41) is 4.35. The number of para-hydroxylation sites is 3. The summed E-state index contributed by atoms with van der Waals surface area (Å²) in [5.74, 6) is 1.66. The molecule has 0 N–H and O–H groups in total. The van der Waals surface area contributed by atoms with Crippen LogP contribution in [0.1, 0.15) is 0 Å². The van der Waals surface area contributed by atoms with Gasteiger partial charge in [0.2, 0.25) is 0 Å². The molecule has 10 aromatic rings. The Morgan fingerprint density at radius 1 is 0.440 bits per heavy atom. The normalized spacial score (nSPS) is 11.6. The fraction of sp³-hybridized carbons (Fsp3) is 0. The monoisotopic (exact) mass is 641 g/mol. The highest BCUT2D eigenvalue weighted by Gasteiger charge is 2.20. The van der Waals surface area contributed by atoms with Gasteiger partial charge in [0.25, 0.3) is 0 Å². The molecule has 0 bridgehead atoms. The number of pyridine rings is 1. The molecule has 0 aliphatic carbocycles. The predicted octanol–water partition coefficient (Wildman–Crippen LogP) is 10.9. The van der Waals surface area contributed by atoms with Gasteiger partial charge in [-0.25, -0.2) is 15.0 Å². The van der Waals surface area contributed by atoms with Crippen molar-refractivity contribution in [3.63, 3.8) is 0 Å². The second kappa shape index (κ2) is 11.4. The molecule has 0 aliphatic rings. The lowest BCUT2D eigenvalue weighted by Crippen LogP contribution is -2.00. The van der Waals surface area contributed by atoms with Gasteiger partial charge in [0.05, 0.1) is 16.6 Å². The van der Waals surface area contributed by atoms with Crippen LogP contribution in [0, 0.1) is 0 Å². The van der Waals surface area contributed by atoms with E-state index in [9.17, 15) is 0 Å². The highest BCUT2D eigenvalue weighted by molar-refractivity contribution is 6.18. The predicted molar refractivity (Wildman–Crippen MR) is 201 cm³/mol. The molecule has 50 heavy (non-hydrogen) atoms. The molecule has 0 fully saturated rings. The first-order valence-electron chi connectivity index (χ1n) is 16.5. The molecule has 4 heterocycles. The van der Waals surface area contributed by atoms with Crippen molar-refractivity contribution in [3.8, 4) is 51.0 Å². The third-order valence-corrected chi connectivity index (χ3v) is 9.35. The van der Waals surface area contributed by atoms with Gasteiger partial charge in [-0.05, 0) is 59.7 Å². The minimum Gasteiger partial charge on any atom is -0.455 e. The van der Waals surface area contributed by atoms with Crippen LogP contribution in [-0.4, -0.2) is 24.5 Å². The van der Waals surface area contributed by atoms with E-state index in [1.165, 1.54) is 5.39 Å². The Hall–Kier alpha value is -6.92. The Balaban J connectivity index is 1.17. The molecular weight excluding hydrogens is 615 g/mol. The average Bonchev–Trinajstić information content (AvgIpc) is 3.73. The number of hydrogen-bond acceptors (Lipinski definition) is 5. The molecule has 6 aromatic carbocycles. The van der Waals surface area contributed by atoms with Crippen molar-refractivity contribution in [1.29, 1.82) is 0 Å². The number of aromatic nitrogens is 5. The van der Waals surface area contributed by atoms with Gasteiger partial charge >= 0.3 is 0 Å². The maximum atomic E-state index is 6.74. The summed E-state index contributed by atoms with van der Waals surface area (Å²) in [6, 6.07) is 52.2. The average molecular weight is 642 g/mol. The molecule has 0 radical (unpaired) electrons. The van der Waals surface area contributed by atoms with Crippen LogP contribution in [-0.2, 0) is 0 Å². The number of furan rings is 1. The van der Waals surface area contributed by atoms with Crippen LogP contribution in [0.2, 0.25) is 0 Å². The summed E-state index contributed by atoms with van der Waals surface area (Å²) in [5.41, 5.74) is 9.74. The lowest BCUT2D eigenvalue weighted by molar-refractivity contribution is 0.670. The van der Waals surface area contributed by atoms with E-state index in [1.54, 1.807) is 12.4 Å². The summed E-state index contributed by atoms with van der Waals surface area (Å²) in [7, 11) is 0. The standard InChI is InChI=1S/C44H27N5O/c1-3-11-28(12-4-1)29-20-22-30(23-21-29)42-46-43(31-13-10-24-45-27-31)48-44(47-42)35-18-9-17-34-37-25-39-36(26-40(37)50-41(34)35)33-16-7-8-19-38(33)49(39)32-14-5-2-6-15-32/h1-27H. The largest absolute Gasteiger partial charge is 0.455 e. The number of benzene rings is 6. The van der Waals surface area contributed by atoms with Gasteiger partial charge < -0.3 is 8.98 Å². The summed E-state index contributed by atoms with van der Waals surface area (Å²) in [6.45, 7) is 0. The zero-order valence-corrected chi connectivity index (χ0v) is 26.7. The molecule has 10 rings (SSSR count). The Kier molecular flexibility index (Phi) is 6.39. The highest BCUT2D eigenvalue weighted by atomic mass is 16.3.